The second-order valence-electron chi connectivity index (χ2n) is 8.59. The second kappa shape index (κ2) is 16.1. The van der Waals surface area contributed by atoms with E-state index in [1.165, 1.54) is 82.8 Å². The van der Waals surface area contributed by atoms with Gasteiger partial charge in [-0.2, -0.15) is 0 Å². The minimum Gasteiger partial charge on any atom is -0.399 e. The number of hydrogen-bond acceptors (Lipinski definition) is 4. The molecule has 176 valence electrons. The smallest absolute Gasteiger partial charge is 0.188 e. The topological polar surface area (TPSA) is 77.2 Å². The lowest BCUT2D eigenvalue weighted by Crippen LogP contribution is -2.29. The summed E-state index contributed by atoms with van der Waals surface area (Å²) in [7, 11) is -3.72. The summed E-state index contributed by atoms with van der Waals surface area (Å²) in [5.74, 6) is -0.425. The fourth-order valence-electron chi connectivity index (χ4n) is 3.93. The first-order valence-electron chi connectivity index (χ1n) is 12.2. The van der Waals surface area contributed by atoms with E-state index in [4.69, 9.17) is 5.73 Å². The van der Waals surface area contributed by atoms with Gasteiger partial charge in [0.2, 0.25) is 0 Å². The van der Waals surface area contributed by atoms with Crippen LogP contribution in [0.15, 0.2) is 41.8 Å². The maximum Gasteiger partial charge on any atom is 0.188 e. The molecule has 1 unspecified atom stereocenters. The Morgan fingerprint density at radius 3 is 1.68 bits per heavy atom. The molecule has 0 aliphatic heterocycles. The van der Waals surface area contributed by atoms with Crippen LogP contribution in [-0.4, -0.2) is 19.5 Å². The first kappa shape index (κ1) is 27.4. The molecule has 0 bridgehead atoms. The molecule has 2 N–H and O–H groups in total. The normalized spacial score (nSPS) is 12.5. The van der Waals surface area contributed by atoms with E-state index in [-0.39, 0.29) is 4.90 Å². The number of carbonyl (C=O) groups is 1. The van der Waals surface area contributed by atoms with Crippen molar-refractivity contribution >= 4 is 21.3 Å². The Kier molecular flexibility index (Phi) is 14.2. The van der Waals surface area contributed by atoms with Gasteiger partial charge in [0, 0.05) is 5.69 Å². The summed E-state index contributed by atoms with van der Waals surface area (Å²) in [6.07, 6.45) is 18.8. The molecule has 1 aromatic carbocycles. The van der Waals surface area contributed by atoms with Gasteiger partial charge in [0.1, 0.15) is 5.25 Å². The zero-order chi connectivity index (χ0) is 23.0. The van der Waals surface area contributed by atoms with Crippen LogP contribution in [0.4, 0.5) is 5.69 Å². The predicted molar refractivity (Wildman–Crippen MR) is 132 cm³/mol. The van der Waals surface area contributed by atoms with Crippen LogP contribution in [0.25, 0.3) is 0 Å². The fourth-order valence-corrected chi connectivity index (χ4v) is 5.65. The Morgan fingerprint density at radius 1 is 0.839 bits per heavy atom. The Bertz CT molecular complexity index is 726. The lowest BCUT2D eigenvalue weighted by Gasteiger charge is -2.15. The Morgan fingerprint density at radius 2 is 1.26 bits per heavy atom. The summed E-state index contributed by atoms with van der Waals surface area (Å²) in [5.41, 5.74) is 6.15. The van der Waals surface area contributed by atoms with Gasteiger partial charge in [-0.3, -0.25) is 4.79 Å². The highest BCUT2D eigenvalue weighted by Gasteiger charge is 2.31. The number of sulfone groups is 1. The highest BCUT2D eigenvalue weighted by Crippen LogP contribution is 2.23. The van der Waals surface area contributed by atoms with Crippen LogP contribution >= 0.6 is 0 Å². The van der Waals surface area contributed by atoms with Crippen molar-refractivity contribution in [1.29, 1.82) is 0 Å². The number of benzene rings is 1. The van der Waals surface area contributed by atoms with E-state index in [9.17, 15) is 13.2 Å². The molecule has 0 saturated carbocycles. The summed E-state index contributed by atoms with van der Waals surface area (Å²) in [5, 5.41) is -1.05. The Hall–Kier alpha value is -1.62. The van der Waals surface area contributed by atoms with Crippen molar-refractivity contribution in [2.75, 3.05) is 5.73 Å². The molecule has 4 nitrogen and oxygen atoms in total. The van der Waals surface area contributed by atoms with E-state index in [1.54, 1.807) is 12.1 Å². The van der Waals surface area contributed by atoms with Gasteiger partial charge >= 0.3 is 0 Å². The number of carbonyl (C=O) groups excluding carboxylic acids is 1. The van der Waals surface area contributed by atoms with E-state index in [1.807, 2.05) is 0 Å². The molecule has 0 amide bonds. The maximum atomic E-state index is 12.9. The second-order valence-corrected chi connectivity index (χ2v) is 10.7. The third-order valence-electron chi connectivity index (χ3n) is 5.92. The zero-order valence-electron chi connectivity index (χ0n) is 19.5. The first-order chi connectivity index (χ1) is 14.9. The highest BCUT2D eigenvalue weighted by molar-refractivity contribution is 7.92. The highest BCUT2D eigenvalue weighted by atomic mass is 32.2. The van der Waals surface area contributed by atoms with Crippen molar-refractivity contribution < 1.29 is 13.2 Å². The number of allylic oxidation sites excluding steroid dienone is 1. The summed E-state index contributed by atoms with van der Waals surface area (Å²) in [4.78, 5) is 12.4. The first-order valence-corrected chi connectivity index (χ1v) is 13.7. The van der Waals surface area contributed by atoms with E-state index >= 15 is 0 Å². The lowest BCUT2D eigenvalue weighted by atomic mass is 10.0. The summed E-state index contributed by atoms with van der Waals surface area (Å²) < 4.78 is 25.8. The molecule has 0 aromatic heterocycles. The third kappa shape index (κ3) is 11.0. The number of ketones is 1. The van der Waals surface area contributed by atoms with Gasteiger partial charge < -0.3 is 5.73 Å². The molecule has 0 heterocycles. The average molecular weight is 450 g/mol. The van der Waals surface area contributed by atoms with Crippen LogP contribution in [0.1, 0.15) is 103 Å². The van der Waals surface area contributed by atoms with Crippen molar-refractivity contribution in [1.82, 2.24) is 0 Å². The predicted octanol–water partition coefficient (Wildman–Crippen LogP) is 7.04. The third-order valence-corrected chi connectivity index (χ3v) is 8.07. The SMILES string of the molecule is C=CC(=O)C(CCCCCCCCCCCCCCCC)S(=O)(=O)c1ccc(N)cc1. The Balaban J connectivity index is 2.24. The lowest BCUT2D eigenvalue weighted by molar-refractivity contribution is -0.114. The minimum atomic E-state index is -3.72. The molecule has 0 aliphatic rings. The van der Waals surface area contributed by atoms with Gasteiger partial charge in [-0.1, -0.05) is 103 Å². The monoisotopic (exact) mass is 449 g/mol. The van der Waals surface area contributed by atoms with Gasteiger partial charge in [0.25, 0.3) is 0 Å². The molecule has 1 rings (SSSR count). The molecule has 5 heteroatoms. The molecule has 1 aromatic rings. The number of nitrogen functional groups attached to an aromatic ring is 1. The number of hydrogen-bond donors (Lipinski definition) is 1. The standard InChI is InChI=1S/C26H43NO3S/c1-3-5-6-7-8-9-10-11-12-13-14-15-16-17-18-26(25(28)4-2)31(29,30)24-21-19-23(27)20-22-24/h4,19-22,26H,2-3,5-18,27H2,1H3. The van der Waals surface area contributed by atoms with Gasteiger partial charge in [-0.25, -0.2) is 8.42 Å². The van der Waals surface area contributed by atoms with Crippen LogP contribution < -0.4 is 5.73 Å². The summed E-state index contributed by atoms with van der Waals surface area (Å²) in [6.45, 7) is 5.74. The van der Waals surface area contributed by atoms with Crippen LogP contribution in [0.3, 0.4) is 0 Å². The van der Waals surface area contributed by atoms with Crippen LogP contribution in [0, 0.1) is 0 Å². The van der Waals surface area contributed by atoms with Crippen molar-refractivity contribution in [3.05, 3.63) is 36.9 Å². The number of rotatable bonds is 19. The molecule has 0 spiro atoms. The average Bonchev–Trinajstić information content (AvgIpc) is 2.76. The van der Waals surface area contributed by atoms with E-state index in [0.717, 1.165) is 25.3 Å². The van der Waals surface area contributed by atoms with Crippen molar-refractivity contribution in [2.45, 2.75) is 113 Å². The van der Waals surface area contributed by atoms with Crippen molar-refractivity contribution in [3.63, 3.8) is 0 Å². The molecule has 0 saturated heterocycles. The van der Waals surface area contributed by atoms with E-state index in [0.29, 0.717) is 12.1 Å². The van der Waals surface area contributed by atoms with Gasteiger partial charge in [0.05, 0.1) is 4.90 Å². The summed E-state index contributed by atoms with van der Waals surface area (Å²) >= 11 is 0. The number of nitrogens with two attached hydrogens (primary N) is 1. The number of anilines is 1. The quantitative estimate of drug-likeness (QED) is 0.140. The molecular formula is C26H43NO3S. The van der Waals surface area contributed by atoms with Crippen LogP contribution in [-0.2, 0) is 14.6 Å². The van der Waals surface area contributed by atoms with Crippen LogP contribution in [0.2, 0.25) is 0 Å². The molecule has 1 atom stereocenters. The van der Waals surface area contributed by atoms with E-state index < -0.39 is 20.9 Å². The van der Waals surface area contributed by atoms with Crippen LogP contribution in [0.5, 0.6) is 0 Å². The van der Waals surface area contributed by atoms with Crippen molar-refractivity contribution in [3.8, 4) is 0 Å². The maximum absolute atomic E-state index is 12.9. The summed E-state index contributed by atoms with van der Waals surface area (Å²) in [6, 6.07) is 6.04. The molecule has 31 heavy (non-hydrogen) atoms. The largest absolute Gasteiger partial charge is 0.399 e. The molecule has 0 aliphatic carbocycles. The number of unbranched alkanes of at least 4 members (excludes halogenated alkanes) is 13. The van der Waals surface area contributed by atoms with Gasteiger partial charge in [-0.15, -0.1) is 0 Å². The molecule has 0 fully saturated rings. The molecule has 0 radical (unpaired) electrons. The minimum absolute atomic E-state index is 0.146. The van der Waals surface area contributed by atoms with Gasteiger partial charge in [-0.05, 0) is 36.8 Å². The Labute approximate surface area is 190 Å². The molecular weight excluding hydrogens is 406 g/mol. The zero-order valence-corrected chi connectivity index (χ0v) is 20.3. The van der Waals surface area contributed by atoms with Crippen molar-refractivity contribution in [2.24, 2.45) is 0 Å². The van der Waals surface area contributed by atoms with E-state index in [2.05, 4.69) is 13.5 Å². The van der Waals surface area contributed by atoms with Gasteiger partial charge in [0.15, 0.2) is 15.6 Å². The fraction of sp³-hybridized carbons (Fsp3) is 0.654.